The summed E-state index contributed by atoms with van der Waals surface area (Å²) in [5.74, 6) is -2.19. The zero-order chi connectivity index (χ0) is 12.8. The van der Waals surface area contributed by atoms with Crippen LogP contribution in [0.1, 0.15) is 12.5 Å². The minimum Gasteiger partial charge on any atom is -0.396 e. The number of hydrogen-bond donors (Lipinski definition) is 2. The van der Waals surface area contributed by atoms with Crippen molar-refractivity contribution in [1.29, 1.82) is 0 Å². The Morgan fingerprint density at radius 3 is 2.71 bits per heavy atom. The van der Waals surface area contributed by atoms with Gasteiger partial charge in [0.1, 0.15) is 0 Å². The van der Waals surface area contributed by atoms with Crippen molar-refractivity contribution in [3.05, 3.63) is 35.4 Å². The van der Waals surface area contributed by atoms with Crippen LogP contribution in [0, 0.1) is 17.6 Å². The molecule has 0 spiro atoms. The predicted octanol–water partition coefficient (Wildman–Crippen LogP) is 1.25. The van der Waals surface area contributed by atoms with E-state index >= 15 is 0 Å². The molecule has 0 aromatic heterocycles. The van der Waals surface area contributed by atoms with E-state index in [0.29, 0.717) is 12.1 Å². The van der Waals surface area contributed by atoms with Gasteiger partial charge in [-0.05, 0) is 23.6 Å². The molecule has 94 valence electrons. The molecule has 0 heterocycles. The van der Waals surface area contributed by atoms with Crippen molar-refractivity contribution < 1.29 is 18.7 Å². The minimum absolute atomic E-state index is 0.00461. The number of hydrogen-bond acceptors (Lipinski definition) is 2. The van der Waals surface area contributed by atoms with Gasteiger partial charge in [0.05, 0.1) is 6.42 Å². The van der Waals surface area contributed by atoms with E-state index in [-0.39, 0.29) is 24.9 Å². The molecule has 3 nitrogen and oxygen atoms in total. The topological polar surface area (TPSA) is 49.3 Å². The number of carbonyl (C=O) groups is 1. The van der Waals surface area contributed by atoms with Gasteiger partial charge in [-0.15, -0.1) is 0 Å². The Kier molecular flexibility index (Phi) is 5.03. The molecule has 5 heteroatoms. The number of rotatable bonds is 5. The normalized spacial score (nSPS) is 12.2. The monoisotopic (exact) mass is 243 g/mol. The van der Waals surface area contributed by atoms with Gasteiger partial charge in [0.15, 0.2) is 11.6 Å². The molecule has 2 N–H and O–H groups in total. The minimum atomic E-state index is -0.959. The molecule has 1 unspecified atom stereocenters. The Balaban J connectivity index is 2.48. The summed E-state index contributed by atoms with van der Waals surface area (Å²) < 4.78 is 25.5. The van der Waals surface area contributed by atoms with Gasteiger partial charge in [0.25, 0.3) is 0 Å². The Morgan fingerprint density at radius 2 is 2.12 bits per heavy atom. The predicted molar refractivity (Wildman–Crippen MR) is 59.3 cm³/mol. The molecule has 1 atom stereocenters. The van der Waals surface area contributed by atoms with Crippen LogP contribution < -0.4 is 5.32 Å². The SMILES string of the molecule is CC(CO)CNC(=O)Cc1ccc(F)c(F)c1. The van der Waals surface area contributed by atoms with Crippen LogP contribution >= 0.6 is 0 Å². The highest BCUT2D eigenvalue weighted by Crippen LogP contribution is 2.09. The summed E-state index contributed by atoms with van der Waals surface area (Å²) in [5, 5.41) is 11.4. The van der Waals surface area contributed by atoms with Crippen molar-refractivity contribution in [1.82, 2.24) is 5.32 Å². The zero-order valence-corrected chi connectivity index (χ0v) is 9.54. The molecule has 1 amide bonds. The number of halogens is 2. The van der Waals surface area contributed by atoms with Crippen LogP contribution in [0.5, 0.6) is 0 Å². The van der Waals surface area contributed by atoms with Crippen LogP contribution in [0.25, 0.3) is 0 Å². The summed E-state index contributed by atoms with van der Waals surface area (Å²) >= 11 is 0. The van der Waals surface area contributed by atoms with Crippen LogP contribution in [-0.4, -0.2) is 24.2 Å². The van der Waals surface area contributed by atoms with Crippen LogP contribution in [0.15, 0.2) is 18.2 Å². The zero-order valence-electron chi connectivity index (χ0n) is 9.54. The lowest BCUT2D eigenvalue weighted by Gasteiger charge is -2.09. The lowest BCUT2D eigenvalue weighted by atomic mass is 10.1. The Morgan fingerprint density at radius 1 is 1.41 bits per heavy atom. The first-order chi connectivity index (χ1) is 8.02. The molecule has 0 fully saturated rings. The maximum absolute atomic E-state index is 12.9. The first-order valence-electron chi connectivity index (χ1n) is 5.34. The maximum atomic E-state index is 12.9. The van der Waals surface area contributed by atoms with Crippen molar-refractivity contribution in [2.24, 2.45) is 5.92 Å². The molecule has 0 bridgehead atoms. The van der Waals surface area contributed by atoms with Gasteiger partial charge in [-0.1, -0.05) is 13.0 Å². The highest BCUT2D eigenvalue weighted by Gasteiger charge is 2.08. The number of amides is 1. The molecule has 0 saturated carbocycles. The van der Waals surface area contributed by atoms with Crippen molar-refractivity contribution in [3.63, 3.8) is 0 Å². The van der Waals surface area contributed by atoms with Crippen LogP contribution in [0.2, 0.25) is 0 Å². The molecular weight excluding hydrogens is 228 g/mol. The van der Waals surface area contributed by atoms with Crippen molar-refractivity contribution >= 4 is 5.91 Å². The quantitative estimate of drug-likeness (QED) is 0.817. The van der Waals surface area contributed by atoms with Crippen LogP contribution in [-0.2, 0) is 11.2 Å². The standard InChI is InChI=1S/C12H15F2NO2/c1-8(7-16)6-15-12(17)5-9-2-3-10(13)11(14)4-9/h2-4,8,16H,5-7H2,1H3,(H,15,17). The fraction of sp³-hybridized carbons (Fsp3) is 0.417. The van der Waals surface area contributed by atoms with Crippen LogP contribution in [0.4, 0.5) is 8.78 Å². The number of aliphatic hydroxyl groups excluding tert-OH is 1. The first kappa shape index (κ1) is 13.6. The Hall–Kier alpha value is -1.49. The highest BCUT2D eigenvalue weighted by molar-refractivity contribution is 5.78. The molecule has 17 heavy (non-hydrogen) atoms. The number of benzene rings is 1. The molecule has 0 aliphatic rings. The third-order valence-corrected chi connectivity index (χ3v) is 2.31. The molecule has 0 aliphatic carbocycles. The van der Waals surface area contributed by atoms with E-state index in [1.165, 1.54) is 6.07 Å². The van der Waals surface area contributed by atoms with Gasteiger partial charge in [-0.2, -0.15) is 0 Å². The summed E-state index contributed by atoms with van der Waals surface area (Å²) in [4.78, 5) is 11.4. The van der Waals surface area contributed by atoms with Gasteiger partial charge >= 0.3 is 0 Å². The molecule has 0 aliphatic heterocycles. The van der Waals surface area contributed by atoms with Crippen molar-refractivity contribution in [2.75, 3.05) is 13.2 Å². The van der Waals surface area contributed by atoms with Gasteiger partial charge in [-0.25, -0.2) is 8.78 Å². The summed E-state index contributed by atoms with van der Waals surface area (Å²) in [6, 6.07) is 3.37. The summed E-state index contributed by atoms with van der Waals surface area (Å²) in [6.45, 7) is 2.14. The van der Waals surface area contributed by atoms with Gasteiger partial charge in [0, 0.05) is 13.2 Å². The van der Waals surface area contributed by atoms with Crippen molar-refractivity contribution in [3.8, 4) is 0 Å². The number of carbonyl (C=O) groups excluding carboxylic acids is 1. The average molecular weight is 243 g/mol. The molecule has 1 aromatic rings. The molecule has 0 radical (unpaired) electrons. The van der Waals surface area contributed by atoms with Crippen molar-refractivity contribution in [2.45, 2.75) is 13.3 Å². The molecule has 1 aromatic carbocycles. The fourth-order valence-electron chi connectivity index (χ4n) is 1.25. The van der Waals surface area contributed by atoms with E-state index in [2.05, 4.69) is 5.32 Å². The number of aliphatic hydroxyl groups is 1. The van der Waals surface area contributed by atoms with E-state index in [1.807, 2.05) is 0 Å². The second-order valence-electron chi connectivity index (χ2n) is 4.02. The third-order valence-electron chi connectivity index (χ3n) is 2.31. The fourth-order valence-corrected chi connectivity index (χ4v) is 1.25. The number of nitrogens with one attached hydrogen (secondary N) is 1. The van der Waals surface area contributed by atoms with Gasteiger partial charge in [-0.3, -0.25) is 4.79 Å². The largest absolute Gasteiger partial charge is 0.396 e. The second-order valence-corrected chi connectivity index (χ2v) is 4.02. The Bertz CT molecular complexity index is 396. The molecule has 1 rings (SSSR count). The van der Waals surface area contributed by atoms with E-state index in [0.717, 1.165) is 12.1 Å². The Labute approximate surface area is 98.5 Å². The van der Waals surface area contributed by atoms with E-state index in [4.69, 9.17) is 5.11 Å². The lowest BCUT2D eigenvalue weighted by molar-refractivity contribution is -0.120. The summed E-state index contributed by atoms with van der Waals surface area (Å²) in [5.41, 5.74) is 0.415. The third kappa shape index (κ3) is 4.48. The maximum Gasteiger partial charge on any atom is 0.224 e. The smallest absolute Gasteiger partial charge is 0.224 e. The lowest BCUT2D eigenvalue weighted by Crippen LogP contribution is -2.30. The first-order valence-corrected chi connectivity index (χ1v) is 5.34. The van der Waals surface area contributed by atoms with Gasteiger partial charge < -0.3 is 10.4 Å². The molecular formula is C12H15F2NO2. The summed E-state index contributed by atoms with van der Waals surface area (Å²) in [6.07, 6.45) is -0.00461. The average Bonchev–Trinajstić information content (AvgIpc) is 2.31. The van der Waals surface area contributed by atoms with Crippen LogP contribution in [0.3, 0.4) is 0 Å². The summed E-state index contributed by atoms with van der Waals surface area (Å²) in [7, 11) is 0. The van der Waals surface area contributed by atoms with E-state index in [1.54, 1.807) is 6.92 Å². The van der Waals surface area contributed by atoms with Gasteiger partial charge in [0.2, 0.25) is 5.91 Å². The van der Waals surface area contributed by atoms with E-state index < -0.39 is 11.6 Å². The van der Waals surface area contributed by atoms with E-state index in [9.17, 15) is 13.6 Å². The second kappa shape index (κ2) is 6.30. The molecule has 0 saturated heterocycles. The highest BCUT2D eigenvalue weighted by atomic mass is 19.2.